The number of aryl methyl sites for hydroxylation is 1. The average molecular weight is 279 g/mol. The predicted molar refractivity (Wildman–Crippen MR) is 86.0 cm³/mol. The lowest BCUT2D eigenvalue weighted by molar-refractivity contribution is 0.414. The van der Waals surface area contributed by atoms with Crippen LogP contribution in [0.5, 0.6) is 5.75 Å². The van der Waals surface area contributed by atoms with Crippen LogP contribution >= 0.6 is 0 Å². The van der Waals surface area contributed by atoms with Crippen molar-refractivity contribution in [2.24, 2.45) is 15.7 Å². The summed E-state index contributed by atoms with van der Waals surface area (Å²) >= 11 is 0. The number of rotatable bonds is 2. The Morgan fingerprint density at radius 2 is 1.90 bits per heavy atom. The highest BCUT2D eigenvalue weighted by molar-refractivity contribution is 6.18. The smallest absolute Gasteiger partial charge is 0.121 e. The van der Waals surface area contributed by atoms with Gasteiger partial charge in [-0.25, -0.2) is 4.99 Å². The second-order valence-electron chi connectivity index (χ2n) is 4.97. The van der Waals surface area contributed by atoms with Crippen molar-refractivity contribution in [2.45, 2.75) is 6.92 Å². The van der Waals surface area contributed by atoms with Crippen molar-refractivity contribution in [3.63, 3.8) is 0 Å². The maximum Gasteiger partial charge on any atom is 0.121 e. The Balaban J connectivity index is 2.16. The van der Waals surface area contributed by atoms with Gasteiger partial charge in [0.05, 0.1) is 25.1 Å². The van der Waals surface area contributed by atoms with Crippen LogP contribution in [0.15, 0.2) is 52.4 Å². The molecular formula is C17H17N3O. The molecule has 0 aliphatic carbocycles. The van der Waals surface area contributed by atoms with E-state index >= 15 is 0 Å². The highest BCUT2D eigenvalue weighted by Crippen LogP contribution is 2.27. The topological polar surface area (TPSA) is 60.0 Å². The molecule has 0 spiro atoms. The molecule has 2 aromatic rings. The van der Waals surface area contributed by atoms with Crippen molar-refractivity contribution in [2.75, 3.05) is 13.7 Å². The molecule has 1 aliphatic rings. The first kappa shape index (κ1) is 13.4. The lowest BCUT2D eigenvalue weighted by atomic mass is 9.97. The summed E-state index contributed by atoms with van der Waals surface area (Å²) in [6.45, 7) is 2.47. The Morgan fingerprint density at radius 1 is 1.10 bits per heavy atom. The molecule has 0 bridgehead atoms. The summed E-state index contributed by atoms with van der Waals surface area (Å²) in [4.78, 5) is 9.09. The molecule has 1 aliphatic heterocycles. The van der Waals surface area contributed by atoms with Crippen molar-refractivity contribution in [3.8, 4) is 5.75 Å². The number of hydrogen-bond acceptors (Lipinski definition) is 4. The first-order chi connectivity index (χ1) is 10.2. The number of ether oxygens (including phenoxy) is 1. The van der Waals surface area contributed by atoms with Crippen LogP contribution in [0.4, 0.5) is 5.69 Å². The molecule has 0 radical (unpaired) electrons. The lowest BCUT2D eigenvalue weighted by Gasteiger charge is -2.12. The Bertz CT molecular complexity index is 747. The molecule has 2 N–H and O–H groups in total. The van der Waals surface area contributed by atoms with Crippen LogP contribution < -0.4 is 10.5 Å². The van der Waals surface area contributed by atoms with Crippen LogP contribution in [0.2, 0.25) is 0 Å². The number of para-hydroxylation sites is 1. The van der Waals surface area contributed by atoms with Crippen molar-refractivity contribution in [1.82, 2.24) is 0 Å². The van der Waals surface area contributed by atoms with E-state index < -0.39 is 0 Å². The maximum atomic E-state index is 5.90. The second-order valence-corrected chi connectivity index (χ2v) is 4.97. The minimum atomic E-state index is 0.412. The van der Waals surface area contributed by atoms with E-state index in [0.29, 0.717) is 12.4 Å². The predicted octanol–water partition coefficient (Wildman–Crippen LogP) is 2.84. The zero-order valence-corrected chi connectivity index (χ0v) is 12.1. The summed E-state index contributed by atoms with van der Waals surface area (Å²) in [7, 11) is 1.67. The van der Waals surface area contributed by atoms with Gasteiger partial charge in [0.1, 0.15) is 11.6 Å². The lowest BCUT2D eigenvalue weighted by Crippen LogP contribution is -2.15. The standard InChI is InChI=1S/C17H17N3O/c1-11-9-12(21-2)7-8-13(11)17-14-5-3-4-6-15(14)20-16(18)10-19-17/h3-9H,10H2,1-2H3,(H2,18,20). The molecule has 21 heavy (non-hydrogen) atoms. The van der Waals surface area contributed by atoms with Crippen molar-refractivity contribution in [3.05, 3.63) is 59.2 Å². The van der Waals surface area contributed by atoms with Gasteiger partial charge in [-0.3, -0.25) is 4.99 Å². The van der Waals surface area contributed by atoms with E-state index in [1.165, 1.54) is 0 Å². The Morgan fingerprint density at radius 3 is 2.67 bits per heavy atom. The average Bonchev–Trinajstić information content (AvgIpc) is 2.65. The zero-order chi connectivity index (χ0) is 14.8. The van der Waals surface area contributed by atoms with E-state index in [2.05, 4.69) is 16.9 Å². The molecule has 3 rings (SSSR count). The minimum Gasteiger partial charge on any atom is -0.497 e. The fourth-order valence-corrected chi connectivity index (χ4v) is 2.47. The molecule has 1 heterocycles. The number of benzene rings is 2. The van der Waals surface area contributed by atoms with Gasteiger partial charge >= 0.3 is 0 Å². The molecule has 0 saturated heterocycles. The third-order valence-corrected chi connectivity index (χ3v) is 3.51. The van der Waals surface area contributed by atoms with Gasteiger partial charge in [0.25, 0.3) is 0 Å². The van der Waals surface area contributed by atoms with Gasteiger partial charge in [0, 0.05) is 11.1 Å². The van der Waals surface area contributed by atoms with E-state index in [1.807, 2.05) is 42.5 Å². The van der Waals surface area contributed by atoms with Crippen LogP contribution in [0.1, 0.15) is 16.7 Å². The van der Waals surface area contributed by atoms with Gasteiger partial charge < -0.3 is 10.5 Å². The minimum absolute atomic E-state index is 0.412. The third kappa shape index (κ3) is 2.52. The van der Waals surface area contributed by atoms with Crippen LogP contribution in [0, 0.1) is 6.92 Å². The molecule has 0 atom stereocenters. The Labute approximate surface area is 124 Å². The Hall–Kier alpha value is -2.62. The summed E-state index contributed by atoms with van der Waals surface area (Å²) in [5.41, 5.74) is 10.9. The normalized spacial score (nSPS) is 13.8. The fraction of sp³-hybridized carbons (Fsp3) is 0.176. The highest BCUT2D eigenvalue weighted by Gasteiger charge is 2.16. The van der Waals surface area contributed by atoms with Crippen molar-refractivity contribution >= 4 is 17.2 Å². The third-order valence-electron chi connectivity index (χ3n) is 3.51. The molecule has 0 fully saturated rings. The van der Waals surface area contributed by atoms with Gasteiger partial charge in [-0.2, -0.15) is 0 Å². The summed E-state index contributed by atoms with van der Waals surface area (Å²) in [5, 5.41) is 0. The summed E-state index contributed by atoms with van der Waals surface area (Å²) in [6, 6.07) is 13.9. The van der Waals surface area contributed by atoms with E-state index in [1.54, 1.807) is 7.11 Å². The van der Waals surface area contributed by atoms with Crippen LogP contribution in [0.25, 0.3) is 0 Å². The number of aliphatic imine (C=N–C) groups is 2. The molecule has 0 unspecified atom stereocenters. The Kier molecular flexibility index (Phi) is 3.44. The monoisotopic (exact) mass is 279 g/mol. The first-order valence-electron chi connectivity index (χ1n) is 6.81. The molecule has 4 nitrogen and oxygen atoms in total. The molecule has 0 amide bonds. The van der Waals surface area contributed by atoms with Gasteiger partial charge in [-0.1, -0.05) is 18.2 Å². The quantitative estimate of drug-likeness (QED) is 0.919. The highest BCUT2D eigenvalue weighted by atomic mass is 16.5. The number of nitrogens with two attached hydrogens (primary N) is 1. The summed E-state index contributed by atoms with van der Waals surface area (Å²) < 4.78 is 5.27. The number of amidine groups is 1. The van der Waals surface area contributed by atoms with E-state index in [4.69, 9.17) is 10.5 Å². The van der Waals surface area contributed by atoms with E-state index in [-0.39, 0.29) is 0 Å². The molecule has 2 aromatic carbocycles. The first-order valence-corrected chi connectivity index (χ1v) is 6.81. The van der Waals surface area contributed by atoms with Crippen LogP contribution in [-0.4, -0.2) is 25.2 Å². The second kappa shape index (κ2) is 5.40. The number of methoxy groups -OCH3 is 1. The molecule has 0 saturated carbocycles. The van der Waals surface area contributed by atoms with Gasteiger partial charge in [0.2, 0.25) is 0 Å². The number of nitrogens with zero attached hydrogens (tertiary/aromatic N) is 2. The number of hydrogen-bond donors (Lipinski definition) is 1. The van der Waals surface area contributed by atoms with Gasteiger partial charge in [-0.05, 0) is 36.8 Å². The van der Waals surface area contributed by atoms with Crippen LogP contribution in [-0.2, 0) is 0 Å². The summed E-state index contributed by atoms with van der Waals surface area (Å²) in [5.74, 6) is 1.37. The van der Waals surface area contributed by atoms with Crippen molar-refractivity contribution < 1.29 is 4.74 Å². The SMILES string of the molecule is COc1ccc(C2=NCC(N)=Nc3ccccc32)c(C)c1. The molecule has 4 heteroatoms. The largest absolute Gasteiger partial charge is 0.497 e. The van der Waals surface area contributed by atoms with E-state index in [0.717, 1.165) is 33.8 Å². The maximum absolute atomic E-state index is 5.90. The van der Waals surface area contributed by atoms with Crippen LogP contribution in [0.3, 0.4) is 0 Å². The molecule has 106 valence electrons. The zero-order valence-electron chi connectivity index (χ0n) is 12.1. The van der Waals surface area contributed by atoms with Gasteiger partial charge in [0.15, 0.2) is 0 Å². The van der Waals surface area contributed by atoms with Crippen molar-refractivity contribution in [1.29, 1.82) is 0 Å². The summed E-state index contributed by atoms with van der Waals surface area (Å²) in [6.07, 6.45) is 0. The molecular weight excluding hydrogens is 262 g/mol. The van der Waals surface area contributed by atoms with Gasteiger partial charge in [-0.15, -0.1) is 0 Å². The number of fused-ring (bicyclic) bond motifs is 1. The fourth-order valence-electron chi connectivity index (χ4n) is 2.47. The molecule has 0 aromatic heterocycles. The van der Waals surface area contributed by atoms with E-state index in [9.17, 15) is 0 Å².